The van der Waals surface area contributed by atoms with Crippen LogP contribution in [-0.2, 0) is 30.7 Å². The molecule has 2 aromatic heterocycles. The summed E-state index contributed by atoms with van der Waals surface area (Å²) >= 11 is 1.65. The van der Waals surface area contributed by atoms with E-state index in [1.165, 1.54) is 16.9 Å². The van der Waals surface area contributed by atoms with Gasteiger partial charge in [0.05, 0.1) is 18.3 Å². The number of aromatic nitrogens is 2. The van der Waals surface area contributed by atoms with E-state index in [2.05, 4.69) is 4.98 Å². The first-order valence-corrected chi connectivity index (χ1v) is 11.3. The molecule has 4 rings (SSSR count). The van der Waals surface area contributed by atoms with Gasteiger partial charge < -0.3 is 9.64 Å². The van der Waals surface area contributed by atoms with Crippen molar-refractivity contribution < 1.29 is 9.53 Å². The summed E-state index contributed by atoms with van der Waals surface area (Å²) in [5.41, 5.74) is 2.22. The Labute approximate surface area is 180 Å². The SMILES string of the molecule is CCOc1ccc(CN(C)C(=O)CCn2cnc3sc4c(c3c2=O)CCCC4)cc1. The smallest absolute Gasteiger partial charge is 0.262 e. The van der Waals surface area contributed by atoms with Crippen molar-refractivity contribution >= 4 is 27.5 Å². The van der Waals surface area contributed by atoms with Crippen LogP contribution in [0.4, 0.5) is 0 Å². The average Bonchev–Trinajstić information content (AvgIpc) is 3.14. The first-order valence-electron chi connectivity index (χ1n) is 10.5. The van der Waals surface area contributed by atoms with E-state index >= 15 is 0 Å². The number of carbonyl (C=O) groups is 1. The molecule has 0 saturated carbocycles. The molecule has 0 spiro atoms. The summed E-state index contributed by atoms with van der Waals surface area (Å²) in [7, 11) is 1.79. The van der Waals surface area contributed by atoms with E-state index in [0.717, 1.165) is 40.8 Å². The van der Waals surface area contributed by atoms with Crippen LogP contribution in [0, 0.1) is 0 Å². The fraction of sp³-hybridized carbons (Fsp3) is 0.435. The standard InChI is InChI=1S/C23H27N3O3S/c1-3-29-17-10-8-16(9-11-17)14-25(2)20(27)12-13-26-15-24-22-21(23(26)28)18-6-4-5-7-19(18)30-22/h8-11,15H,3-7,12-14H2,1-2H3. The second kappa shape index (κ2) is 9.00. The predicted octanol–water partition coefficient (Wildman–Crippen LogP) is 3.78. The number of benzene rings is 1. The maximum atomic E-state index is 13.0. The molecule has 0 N–H and O–H groups in total. The fourth-order valence-corrected chi connectivity index (χ4v) is 5.19. The molecular formula is C23H27N3O3S. The van der Waals surface area contributed by atoms with Gasteiger partial charge in [-0.05, 0) is 55.9 Å². The normalized spacial score (nSPS) is 13.3. The average molecular weight is 426 g/mol. The zero-order chi connectivity index (χ0) is 21.1. The van der Waals surface area contributed by atoms with E-state index in [-0.39, 0.29) is 17.9 Å². The molecule has 30 heavy (non-hydrogen) atoms. The van der Waals surface area contributed by atoms with Crippen molar-refractivity contribution in [3.05, 3.63) is 57.0 Å². The molecule has 3 aromatic rings. The van der Waals surface area contributed by atoms with Gasteiger partial charge in [-0.2, -0.15) is 0 Å². The Morgan fingerprint density at radius 1 is 1.23 bits per heavy atom. The van der Waals surface area contributed by atoms with Gasteiger partial charge >= 0.3 is 0 Å². The number of hydrogen-bond acceptors (Lipinski definition) is 5. The third kappa shape index (κ3) is 4.26. The van der Waals surface area contributed by atoms with Crippen LogP contribution in [0.1, 0.15) is 42.2 Å². The summed E-state index contributed by atoms with van der Waals surface area (Å²) < 4.78 is 7.04. The molecule has 6 nitrogen and oxygen atoms in total. The van der Waals surface area contributed by atoms with Crippen LogP contribution < -0.4 is 10.3 Å². The third-order valence-corrected chi connectivity index (χ3v) is 6.79. The van der Waals surface area contributed by atoms with Crippen LogP contribution >= 0.6 is 11.3 Å². The van der Waals surface area contributed by atoms with Crippen molar-refractivity contribution in [1.82, 2.24) is 14.5 Å². The Hall–Kier alpha value is -2.67. The van der Waals surface area contributed by atoms with Gasteiger partial charge in [0.1, 0.15) is 10.6 Å². The number of ether oxygens (including phenoxy) is 1. The van der Waals surface area contributed by atoms with Crippen LogP contribution in [0.25, 0.3) is 10.2 Å². The van der Waals surface area contributed by atoms with Crippen molar-refractivity contribution in [3.63, 3.8) is 0 Å². The highest BCUT2D eigenvalue weighted by atomic mass is 32.1. The van der Waals surface area contributed by atoms with Crippen molar-refractivity contribution in [2.75, 3.05) is 13.7 Å². The maximum absolute atomic E-state index is 13.0. The number of amides is 1. The lowest BCUT2D eigenvalue weighted by Gasteiger charge is -2.18. The summed E-state index contributed by atoms with van der Waals surface area (Å²) in [6, 6.07) is 7.77. The molecule has 1 amide bonds. The van der Waals surface area contributed by atoms with Crippen LogP contribution in [0.5, 0.6) is 5.75 Å². The van der Waals surface area contributed by atoms with Crippen molar-refractivity contribution in [3.8, 4) is 5.75 Å². The van der Waals surface area contributed by atoms with Crippen molar-refractivity contribution in [1.29, 1.82) is 0 Å². The van der Waals surface area contributed by atoms with E-state index in [0.29, 0.717) is 19.7 Å². The van der Waals surface area contributed by atoms with Crippen LogP contribution in [0.15, 0.2) is 35.4 Å². The minimum Gasteiger partial charge on any atom is -0.494 e. The summed E-state index contributed by atoms with van der Waals surface area (Å²) in [6.07, 6.45) is 6.18. The molecule has 0 aliphatic heterocycles. The molecule has 0 radical (unpaired) electrons. The van der Waals surface area contributed by atoms with E-state index in [9.17, 15) is 9.59 Å². The quantitative estimate of drug-likeness (QED) is 0.578. The predicted molar refractivity (Wildman–Crippen MR) is 119 cm³/mol. The minimum absolute atomic E-state index is 0.00299. The van der Waals surface area contributed by atoms with Gasteiger partial charge in [-0.3, -0.25) is 14.2 Å². The van der Waals surface area contributed by atoms with Gasteiger partial charge in [-0.15, -0.1) is 11.3 Å². The first-order chi connectivity index (χ1) is 14.6. The van der Waals surface area contributed by atoms with E-state index in [4.69, 9.17) is 4.74 Å². The minimum atomic E-state index is -0.0126. The van der Waals surface area contributed by atoms with Gasteiger partial charge in [0, 0.05) is 31.4 Å². The number of carbonyl (C=O) groups excluding carboxylic acids is 1. The van der Waals surface area contributed by atoms with Gasteiger partial charge in [0.25, 0.3) is 5.56 Å². The molecule has 1 aromatic carbocycles. The Morgan fingerprint density at radius 3 is 2.77 bits per heavy atom. The summed E-state index contributed by atoms with van der Waals surface area (Å²) in [6.45, 7) is 3.45. The lowest BCUT2D eigenvalue weighted by atomic mass is 9.97. The Kier molecular flexibility index (Phi) is 6.18. The molecule has 0 atom stereocenters. The maximum Gasteiger partial charge on any atom is 0.262 e. The van der Waals surface area contributed by atoms with Gasteiger partial charge in [0.2, 0.25) is 5.91 Å². The Balaban J connectivity index is 1.41. The molecule has 2 heterocycles. The third-order valence-electron chi connectivity index (χ3n) is 5.59. The van der Waals surface area contributed by atoms with Gasteiger partial charge in [-0.25, -0.2) is 4.98 Å². The molecule has 1 aliphatic carbocycles. The zero-order valence-corrected chi connectivity index (χ0v) is 18.3. The number of hydrogen-bond donors (Lipinski definition) is 0. The highest BCUT2D eigenvalue weighted by molar-refractivity contribution is 7.18. The molecule has 0 unspecified atom stereocenters. The summed E-state index contributed by atoms with van der Waals surface area (Å²) in [5, 5.41) is 0.771. The van der Waals surface area contributed by atoms with E-state index in [1.54, 1.807) is 34.2 Å². The Bertz CT molecular complexity index is 1100. The topological polar surface area (TPSA) is 64.4 Å². The molecule has 0 fully saturated rings. The molecule has 0 bridgehead atoms. The summed E-state index contributed by atoms with van der Waals surface area (Å²) in [4.78, 5) is 34.0. The van der Waals surface area contributed by atoms with E-state index in [1.807, 2.05) is 31.2 Å². The number of nitrogens with zero attached hydrogens (tertiary/aromatic N) is 3. The lowest BCUT2D eigenvalue weighted by molar-refractivity contribution is -0.130. The van der Waals surface area contributed by atoms with Crippen LogP contribution in [-0.4, -0.2) is 34.0 Å². The van der Waals surface area contributed by atoms with Gasteiger partial charge in [-0.1, -0.05) is 12.1 Å². The van der Waals surface area contributed by atoms with Gasteiger partial charge in [0.15, 0.2) is 0 Å². The second-order valence-electron chi connectivity index (χ2n) is 7.71. The second-order valence-corrected chi connectivity index (χ2v) is 8.79. The zero-order valence-electron chi connectivity index (χ0n) is 17.5. The largest absolute Gasteiger partial charge is 0.494 e. The number of thiophene rings is 1. The van der Waals surface area contributed by atoms with Crippen LogP contribution in [0.2, 0.25) is 0 Å². The molecule has 1 aliphatic rings. The lowest BCUT2D eigenvalue weighted by Crippen LogP contribution is -2.29. The highest BCUT2D eigenvalue weighted by Crippen LogP contribution is 2.33. The number of rotatable bonds is 7. The molecular weight excluding hydrogens is 398 g/mol. The molecule has 0 saturated heterocycles. The van der Waals surface area contributed by atoms with Crippen LogP contribution in [0.3, 0.4) is 0 Å². The van der Waals surface area contributed by atoms with Crippen molar-refractivity contribution in [2.24, 2.45) is 0 Å². The highest BCUT2D eigenvalue weighted by Gasteiger charge is 2.20. The first kappa shape index (κ1) is 20.6. The summed E-state index contributed by atoms with van der Waals surface area (Å²) in [5.74, 6) is 0.830. The molecule has 158 valence electrons. The fourth-order valence-electron chi connectivity index (χ4n) is 3.97. The van der Waals surface area contributed by atoms with E-state index < -0.39 is 0 Å². The Morgan fingerprint density at radius 2 is 2.00 bits per heavy atom. The number of aryl methyl sites for hydroxylation is 3. The van der Waals surface area contributed by atoms with Crippen molar-refractivity contribution in [2.45, 2.75) is 52.1 Å². The monoisotopic (exact) mass is 425 g/mol. The molecule has 7 heteroatoms. The number of fused-ring (bicyclic) bond motifs is 3.